The quantitative estimate of drug-likeness (QED) is 0.0228. The molecule has 1 saturated carbocycles. The van der Waals surface area contributed by atoms with E-state index in [4.69, 9.17) is 171 Å². The van der Waals surface area contributed by atoms with E-state index in [1.807, 2.05) is 84.9 Å². The highest BCUT2D eigenvalue weighted by atomic mass is 35.5. The first-order valence-corrected chi connectivity index (χ1v) is 35.7. The molecule has 10 N–H and O–H groups in total. The zero-order valence-corrected chi connectivity index (χ0v) is 61.4. The Labute approximate surface area is 635 Å². The van der Waals surface area contributed by atoms with Gasteiger partial charge in [0.05, 0.1) is 64.9 Å². The molecule has 0 spiro atoms. The molecule has 3 aliphatic rings. The Balaban J connectivity index is 0.00000170. The molecule has 104 heavy (non-hydrogen) atoms. The average Bonchev–Trinajstić information content (AvgIpc) is 0.763. The number of halogens is 10. The van der Waals surface area contributed by atoms with Crippen molar-refractivity contribution in [2.24, 2.45) is 22.9 Å². The number of hydrogen-bond donors (Lipinski definition) is 6. The van der Waals surface area contributed by atoms with Gasteiger partial charge in [0.1, 0.15) is 67.1 Å². The van der Waals surface area contributed by atoms with Crippen LogP contribution in [0.25, 0.3) is 0 Å². The number of carbonyl (C=O) groups is 2. The highest BCUT2D eigenvalue weighted by Crippen LogP contribution is 2.38. The highest BCUT2D eigenvalue weighted by molar-refractivity contribution is 6.32. The molecule has 7 aromatic rings. The van der Waals surface area contributed by atoms with Crippen LogP contribution in [0.2, 0.25) is 35.2 Å². The minimum Gasteiger partial charge on any atom is -0.475 e. The van der Waals surface area contributed by atoms with Gasteiger partial charge in [-0.1, -0.05) is 166 Å². The molecule has 562 valence electrons. The van der Waals surface area contributed by atoms with Gasteiger partial charge in [-0.2, -0.15) is 13.2 Å². The van der Waals surface area contributed by atoms with Crippen LogP contribution in [-0.4, -0.2) is 148 Å². The number of amides is 1. The zero-order valence-electron chi connectivity index (χ0n) is 56.1. The van der Waals surface area contributed by atoms with Crippen molar-refractivity contribution in [1.29, 1.82) is 0 Å². The molecule has 3 fully saturated rings. The number of alkyl halides is 3. The lowest BCUT2D eigenvalue weighted by Crippen LogP contribution is -2.70. The lowest BCUT2D eigenvalue weighted by molar-refractivity contribution is -0.350. The first-order valence-electron chi connectivity index (χ1n) is 33.1. The van der Waals surface area contributed by atoms with E-state index < -0.39 is 116 Å². The van der Waals surface area contributed by atoms with E-state index >= 15 is 4.79 Å². The average molecular weight is 1590 g/mol. The summed E-state index contributed by atoms with van der Waals surface area (Å²) >= 11 is 44.4. The maximum atomic E-state index is 15.1. The summed E-state index contributed by atoms with van der Waals surface area (Å²) in [7, 11) is 1.50. The normalized spacial score (nSPS) is 25.2. The molecule has 1 aliphatic carbocycles. The van der Waals surface area contributed by atoms with Gasteiger partial charge in [0.2, 0.25) is 5.91 Å². The van der Waals surface area contributed by atoms with E-state index in [0.717, 1.165) is 38.9 Å². The van der Waals surface area contributed by atoms with Gasteiger partial charge >= 0.3 is 12.1 Å². The number of carbonyl (C=O) groups excluding carboxylic acids is 1. The Morgan fingerprint density at radius 3 is 1.20 bits per heavy atom. The Morgan fingerprint density at radius 1 is 0.481 bits per heavy atom. The minimum absolute atomic E-state index is 0.0119. The van der Waals surface area contributed by atoms with Crippen LogP contribution < -0.4 is 28.3 Å². The SMILES string of the molecule is CO[C@H]1[C@H](O[C@@H]2[C@@H](OCc3ccc(Cl)cc3)[C@H](O[C@@H]3O[C@@H](CN)[C@H](OCc4ccc(Cl)cc4)[C@@H](OCc4ccc(Cl)cc4)[C@@H]3OCc3ccc(Cl)cc3)[C@@H](N)C[C@H]2NC(=O)C(CCN)OCc2ccc(Cl)cc2)O[C@H](COCc2ccc(Cl)cc2)[C@@H](OCc2ccc(Cl)cc2)[C@@H]1N.O=C(O)C(F)(F)F. The number of nitrogens with one attached hydrogen (secondary N) is 1. The summed E-state index contributed by atoms with van der Waals surface area (Å²) in [5.74, 6) is -3.26. The summed E-state index contributed by atoms with van der Waals surface area (Å²) in [5.41, 5.74) is 33.4. The summed E-state index contributed by atoms with van der Waals surface area (Å²) < 4.78 is 114. The summed E-state index contributed by atoms with van der Waals surface area (Å²) in [6, 6.07) is 47.9. The van der Waals surface area contributed by atoms with Crippen molar-refractivity contribution in [3.8, 4) is 0 Å². The van der Waals surface area contributed by atoms with Crippen molar-refractivity contribution in [3.63, 3.8) is 0 Å². The van der Waals surface area contributed by atoms with E-state index in [0.29, 0.717) is 35.2 Å². The molecule has 2 aliphatic heterocycles. The Bertz CT molecular complexity index is 3750. The molecule has 20 nitrogen and oxygen atoms in total. The van der Waals surface area contributed by atoms with E-state index in [-0.39, 0.29) is 78.8 Å². The number of methoxy groups -OCH3 is 1. The molecule has 16 atom stereocenters. The Kier molecular flexibility index (Phi) is 32.4. The fourth-order valence-electron chi connectivity index (χ4n) is 11.9. The lowest BCUT2D eigenvalue weighted by atomic mass is 9.83. The van der Waals surface area contributed by atoms with Crippen LogP contribution in [0.3, 0.4) is 0 Å². The zero-order chi connectivity index (χ0) is 74.5. The van der Waals surface area contributed by atoms with Crippen LogP contribution in [0, 0.1) is 0 Å². The van der Waals surface area contributed by atoms with E-state index in [9.17, 15) is 13.2 Å². The smallest absolute Gasteiger partial charge is 0.475 e. The predicted octanol–water partition coefficient (Wildman–Crippen LogP) is 13.0. The molecule has 1 unspecified atom stereocenters. The van der Waals surface area contributed by atoms with Crippen LogP contribution in [0.4, 0.5) is 13.2 Å². The predicted molar refractivity (Wildman–Crippen MR) is 388 cm³/mol. The third kappa shape index (κ3) is 24.6. The summed E-state index contributed by atoms with van der Waals surface area (Å²) in [6.45, 7) is 0.618. The summed E-state index contributed by atoms with van der Waals surface area (Å²) in [6.07, 6.45) is -18.7. The van der Waals surface area contributed by atoms with Gasteiger partial charge in [-0.3, -0.25) is 4.79 Å². The van der Waals surface area contributed by atoms with Crippen molar-refractivity contribution < 1.29 is 84.7 Å². The third-order valence-corrected chi connectivity index (χ3v) is 19.0. The number of rotatable bonds is 32. The number of carboxylic acid groups (broad SMARTS) is 1. The number of benzene rings is 7. The first kappa shape index (κ1) is 82.7. The molecule has 0 aromatic heterocycles. The van der Waals surface area contributed by atoms with Crippen LogP contribution >= 0.6 is 81.2 Å². The van der Waals surface area contributed by atoms with Crippen molar-refractivity contribution in [2.75, 3.05) is 26.8 Å². The van der Waals surface area contributed by atoms with E-state index in [1.165, 1.54) is 7.11 Å². The molecule has 30 heteroatoms. The molecule has 2 heterocycles. The van der Waals surface area contributed by atoms with Gasteiger partial charge in [0.15, 0.2) is 12.6 Å². The van der Waals surface area contributed by atoms with Crippen molar-refractivity contribution in [3.05, 3.63) is 244 Å². The van der Waals surface area contributed by atoms with Gasteiger partial charge in [0.25, 0.3) is 0 Å². The Hall–Kier alpha value is -5.34. The van der Waals surface area contributed by atoms with Crippen LogP contribution in [0.5, 0.6) is 0 Å². The van der Waals surface area contributed by atoms with Gasteiger partial charge < -0.3 is 90.2 Å². The first-order chi connectivity index (χ1) is 49.9. The van der Waals surface area contributed by atoms with Gasteiger partial charge in [0, 0.05) is 54.9 Å². The topological polar surface area (TPSA) is 281 Å². The number of aliphatic carboxylic acids is 1. The molecule has 7 aromatic carbocycles. The van der Waals surface area contributed by atoms with Crippen molar-refractivity contribution in [1.82, 2.24) is 5.32 Å². The number of nitrogens with two attached hydrogens (primary N) is 4. The lowest BCUT2D eigenvalue weighted by Gasteiger charge is -2.51. The largest absolute Gasteiger partial charge is 0.490 e. The summed E-state index contributed by atoms with van der Waals surface area (Å²) in [4.78, 5) is 24.0. The molecule has 0 radical (unpaired) electrons. The van der Waals surface area contributed by atoms with Gasteiger partial charge in [-0.05, 0) is 143 Å². The van der Waals surface area contributed by atoms with Crippen LogP contribution in [0.15, 0.2) is 170 Å². The van der Waals surface area contributed by atoms with Gasteiger partial charge in [-0.25, -0.2) is 4.79 Å². The molecular formula is C74H81Cl7F3N5O15. The molecule has 2 saturated heterocycles. The standard InChI is InChI=1S/C72H80Cl7N5O13.C2HF3O2/c1-86-66-61(83)64(89-36-44-6-20-51(75)21-7-44)60(41-87-34-42-2-16-49(73)17-3-42)95-71(66)97-63-57(84-70(85)58(30-31-80)88-35-43-4-18-50(74)19-5-43)32-56(82)62(67(63)91-38-46-10-24-53(77)25-11-46)96-72-69(93-40-48-14-28-55(79)29-15-48)68(92-39-47-12-26-54(78)27-13-47)65(59(33-81)94-72)90-37-45-8-22-52(76)23-9-45;3-2(4,5)1(6)7/h2-29,56-69,71-72H,30-41,80-83H2,1H3,(H,84,85);(H,6,7)/t56-,57+,58?,59-,60+,61-,62+,63-,64+,65-,66+,67-,68+,69-,71-,72-;/m0./s1. The van der Waals surface area contributed by atoms with Gasteiger partial charge in [-0.15, -0.1) is 0 Å². The highest BCUT2D eigenvalue weighted by Gasteiger charge is 2.56. The maximum absolute atomic E-state index is 15.1. The number of carboxylic acids is 1. The molecule has 0 bridgehead atoms. The summed E-state index contributed by atoms with van der Waals surface area (Å²) in [5, 5.41) is 14.2. The fourth-order valence-corrected chi connectivity index (χ4v) is 12.7. The molecule has 1 amide bonds. The second-order valence-corrected chi connectivity index (χ2v) is 27.8. The monoisotopic (exact) mass is 1580 g/mol. The fraction of sp³-hybridized carbons (Fsp3) is 0.405. The van der Waals surface area contributed by atoms with Crippen LogP contribution in [-0.2, 0) is 113 Å². The second kappa shape index (κ2) is 40.7. The van der Waals surface area contributed by atoms with Crippen molar-refractivity contribution >= 4 is 93.1 Å². The Morgan fingerprint density at radius 2 is 0.817 bits per heavy atom. The minimum atomic E-state index is -5.08. The van der Waals surface area contributed by atoms with E-state index in [1.54, 1.807) is 84.9 Å². The molecular weight excluding hydrogens is 1500 g/mol. The van der Waals surface area contributed by atoms with E-state index in [2.05, 4.69) is 5.32 Å². The number of hydrogen-bond acceptors (Lipinski definition) is 18. The third-order valence-electron chi connectivity index (χ3n) is 17.3. The van der Waals surface area contributed by atoms with Crippen LogP contribution in [0.1, 0.15) is 51.8 Å². The van der Waals surface area contributed by atoms with Crippen molar-refractivity contribution in [2.45, 2.75) is 163 Å². The maximum Gasteiger partial charge on any atom is 0.490 e. The molecule has 10 rings (SSSR count). The second-order valence-electron chi connectivity index (χ2n) is 24.8. The number of ether oxygens (including phenoxy) is 12.